The zero-order chi connectivity index (χ0) is 19.4. The summed E-state index contributed by atoms with van der Waals surface area (Å²) in [4.78, 5) is 23.0. The predicted molar refractivity (Wildman–Crippen MR) is 104 cm³/mol. The normalized spacial score (nSPS) is 14.9. The fourth-order valence-corrected chi connectivity index (χ4v) is 3.20. The van der Waals surface area contributed by atoms with Gasteiger partial charge in [-0.1, -0.05) is 43.5 Å². The quantitative estimate of drug-likeness (QED) is 0.437. The van der Waals surface area contributed by atoms with E-state index >= 15 is 0 Å². The molecular formula is C23H22O4. The number of hydrogen-bond donors (Lipinski definition) is 0. The van der Waals surface area contributed by atoms with E-state index in [1.54, 1.807) is 13.0 Å². The average Bonchev–Trinajstić information content (AvgIpc) is 3.08. The maximum Gasteiger partial charge on any atom is 0.338 e. The molecule has 0 heterocycles. The third-order valence-electron chi connectivity index (χ3n) is 4.58. The average molecular weight is 362 g/mol. The highest BCUT2D eigenvalue weighted by Gasteiger charge is 2.23. The Bertz CT molecular complexity index is 910. The minimum Gasteiger partial charge on any atom is -0.462 e. The number of hydrogen-bond acceptors (Lipinski definition) is 4. The van der Waals surface area contributed by atoms with Gasteiger partial charge in [0, 0.05) is 17.6 Å². The van der Waals surface area contributed by atoms with Crippen LogP contribution in [0.5, 0.6) is 5.75 Å². The van der Waals surface area contributed by atoms with Gasteiger partial charge < -0.3 is 9.47 Å². The summed E-state index contributed by atoms with van der Waals surface area (Å²) in [6.07, 6.45) is 2.96. The largest absolute Gasteiger partial charge is 0.462 e. The van der Waals surface area contributed by atoms with Crippen molar-refractivity contribution in [3.05, 3.63) is 78.4 Å². The first-order valence-electron chi connectivity index (χ1n) is 8.85. The highest BCUT2D eigenvalue weighted by molar-refractivity contribution is 5.89. The molecule has 0 aliphatic heterocycles. The molecule has 0 fully saturated rings. The van der Waals surface area contributed by atoms with Gasteiger partial charge in [-0.2, -0.15) is 0 Å². The maximum absolute atomic E-state index is 11.7. The highest BCUT2D eigenvalue weighted by atomic mass is 16.5. The summed E-state index contributed by atoms with van der Waals surface area (Å²) < 4.78 is 10.5. The lowest BCUT2D eigenvalue weighted by Gasteiger charge is -2.08. The number of ether oxygens (including phenoxy) is 2. The van der Waals surface area contributed by atoms with Crippen LogP contribution in [0.3, 0.4) is 0 Å². The Morgan fingerprint density at radius 3 is 2.59 bits per heavy atom. The fraction of sp³-hybridized carbons (Fsp3) is 0.217. The molecule has 2 aromatic rings. The van der Waals surface area contributed by atoms with Crippen molar-refractivity contribution in [2.75, 3.05) is 6.61 Å². The van der Waals surface area contributed by atoms with Gasteiger partial charge in [-0.15, -0.1) is 0 Å². The van der Waals surface area contributed by atoms with Gasteiger partial charge in [0.15, 0.2) is 0 Å². The molecule has 4 nitrogen and oxygen atoms in total. The van der Waals surface area contributed by atoms with Crippen molar-refractivity contribution in [1.29, 1.82) is 0 Å². The summed E-state index contributed by atoms with van der Waals surface area (Å²) >= 11 is 0. The van der Waals surface area contributed by atoms with Crippen LogP contribution in [0.2, 0.25) is 0 Å². The van der Waals surface area contributed by atoms with E-state index in [4.69, 9.17) is 9.47 Å². The minimum atomic E-state index is -0.432. The highest BCUT2D eigenvalue weighted by Crippen LogP contribution is 2.32. The lowest BCUT2D eigenvalue weighted by molar-refractivity contribution is -0.139. The van der Waals surface area contributed by atoms with E-state index in [2.05, 4.69) is 31.4 Å². The van der Waals surface area contributed by atoms with E-state index in [0.29, 0.717) is 23.8 Å². The molecule has 0 N–H and O–H groups in total. The smallest absolute Gasteiger partial charge is 0.338 e. The molecule has 0 bridgehead atoms. The van der Waals surface area contributed by atoms with Gasteiger partial charge in [0.05, 0.1) is 6.61 Å². The van der Waals surface area contributed by atoms with Crippen LogP contribution in [-0.2, 0) is 27.2 Å². The van der Waals surface area contributed by atoms with Gasteiger partial charge in [-0.25, -0.2) is 9.59 Å². The van der Waals surface area contributed by atoms with E-state index in [1.807, 2.05) is 18.2 Å². The van der Waals surface area contributed by atoms with Crippen LogP contribution >= 0.6 is 0 Å². The molecule has 1 aliphatic carbocycles. The van der Waals surface area contributed by atoms with E-state index in [0.717, 1.165) is 24.0 Å². The van der Waals surface area contributed by atoms with Crippen molar-refractivity contribution in [2.45, 2.75) is 19.8 Å². The molecule has 2 aromatic carbocycles. The van der Waals surface area contributed by atoms with Crippen LogP contribution in [0.1, 0.15) is 18.1 Å². The second-order valence-electron chi connectivity index (χ2n) is 6.79. The number of rotatable bonds is 6. The summed E-state index contributed by atoms with van der Waals surface area (Å²) in [7, 11) is 0. The Morgan fingerprint density at radius 1 is 1.11 bits per heavy atom. The Balaban J connectivity index is 1.73. The van der Waals surface area contributed by atoms with E-state index in [9.17, 15) is 9.59 Å². The second-order valence-corrected chi connectivity index (χ2v) is 6.79. The van der Waals surface area contributed by atoms with Crippen LogP contribution in [0.15, 0.2) is 67.3 Å². The van der Waals surface area contributed by atoms with Crippen molar-refractivity contribution in [3.63, 3.8) is 0 Å². The molecule has 0 spiro atoms. The van der Waals surface area contributed by atoms with Crippen LogP contribution in [0.25, 0.3) is 11.1 Å². The second kappa shape index (κ2) is 8.04. The van der Waals surface area contributed by atoms with E-state index in [-0.39, 0.29) is 5.97 Å². The Kier molecular flexibility index (Phi) is 5.55. The minimum absolute atomic E-state index is 0.294. The van der Waals surface area contributed by atoms with Crippen LogP contribution < -0.4 is 4.74 Å². The van der Waals surface area contributed by atoms with Gasteiger partial charge in [-0.05, 0) is 54.2 Å². The van der Waals surface area contributed by atoms with Gasteiger partial charge in [0.25, 0.3) is 0 Å². The molecule has 0 saturated carbocycles. The standard InChI is InChI=1S/C23H22O4/c1-4-22(24)26-14-16-10-18-8-9-19(12-20(18)11-16)17-6-5-7-21(13-17)27-23(25)15(2)3/h4-9,12-13,16H,1-2,10-11,14H2,3H3. The van der Waals surface area contributed by atoms with Crippen molar-refractivity contribution < 1.29 is 19.1 Å². The molecule has 138 valence electrons. The maximum atomic E-state index is 11.7. The summed E-state index contributed by atoms with van der Waals surface area (Å²) in [6.45, 7) is 9.04. The van der Waals surface area contributed by atoms with Gasteiger partial charge in [-0.3, -0.25) is 0 Å². The molecular weight excluding hydrogens is 340 g/mol. The van der Waals surface area contributed by atoms with Crippen molar-refractivity contribution in [1.82, 2.24) is 0 Å². The van der Waals surface area contributed by atoms with Crippen LogP contribution in [0, 0.1) is 5.92 Å². The van der Waals surface area contributed by atoms with Gasteiger partial charge >= 0.3 is 11.9 Å². The molecule has 1 aliphatic rings. The molecule has 27 heavy (non-hydrogen) atoms. The number of carbonyl (C=O) groups excluding carboxylic acids is 2. The third kappa shape index (κ3) is 4.53. The van der Waals surface area contributed by atoms with Gasteiger partial charge in [0.2, 0.25) is 0 Å². The summed E-state index contributed by atoms with van der Waals surface area (Å²) in [5, 5.41) is 0. The molecule has 1 atom stereocenters. The first-order valence-corrected chi connectivity index (χ1v) is 8.85. The lowest BCUT2D eigenvalue weighted by atomic mass is 10.0. The fourth-order valence-electron chi connectivity index (χ4n) is 3.20. The number of benzene rings is 2. The Labute approximate surface area is 159 Å². The van der Waals surface area contributed by atoms with Crippen molar-refractivity contribution in [3.8, 4) is 16.9 Å². The van der Waals surface area contributed by atoms with Crippen molar-refractivity contribution in [2.24, 2.45) is 5.92 Å². The summed E-state index contributed by atoms with van der Waals surface area (Å²) in [6, 6.07) is 13.8. The number of fused-ring (bicyclic) bond motifs is 1. The number of esters is 2. The number of carbonyl (C=O) groups is 2. The topological polar surface area (TPSA) is 52.6 Å². The van der Waals surface area contributed by atoms with Crippen molar-refractivity contribution >= 4 is 11.9 Å². The van der Waals surface area contributed by atoms with Gasteiger partial charge in [0.1, 0.15) is 5.75 Å². The summed E-state index contributed by atoms with van der Waals surface area (Å²) in [5.41, 5.74) is 4.94. The lowest BCUT2D eigenvalue weighted by Crippen LogP contribution is -2.12. The van der Waals surface area contributed by atoms with E-state index in [1.165, 1.54) is 17.2 Å². The zero-order valence-corrected chi connectivity index (χ0v) is 15.4. The molecule has 4 heteroatoms. The Hall–Kier alpha value is -3.14. The third-order valence-corrected chi connectivity index (χ3v) is 4.58. The molecule has 0 radical (unpaired) electrons. The molecule has 0 saturated heterocycles. The first kappa shape index (κ1) is 18.6. The SMILES string of the molecule is C=CC(=O)OCC1Cc2ccc(-c3cccc(OC(=O)C(=C)C)c3)cc2C1. The summed E-state index contributed by atoms with van der Waals surface area (Å²) in [5.74, 6) is -0.0250. The predicted octanol–water partition coefficient (Wildman–Crippen LogP) is 4.28. The molecule has 0 aromatic heterocycles. The molecule has 1 unspecified atom stereocenters. The van der Waals surface area contributed by atoms with Crippen LogP contribution in [-0.4, -0.2) is 18.5 Å². The first-order chi connectivity index (χ1) is 13.0. The monoisotopic (exact) mass is 362 g/mol. The van der Waals surface area contributed by atoms with E-state index < -0.39 is 5.97 Å². The van der Waals surface area contributed by atoms with Crippen LogP contribution in [0.4, 0.5) is 0 Å². The molecule has 0 amide bonds. The molecule has 3 rings (SSSR count). The zero-order valence-electron chi connectivity index (χ0n) is 15.4. The Morgan fingerprint density at radius 2 is 1.85 bits per heavy atom.